The van der Waals surface area contributed by atoms with Crippen molar-refractivity contribution in [1.82, 2.24) is 4.98 Å². The predicted octanol–water partition coefficient (Wildman–Crippen LogP) is 4.31. The van der Waals surface area contributed by atoms with Crippen LogP contribution < -0.4 is 0 Å². The topological polar surface area (TPSA) is 50.2 Å². The maximum atomic E-state index is 11.2. The van der Waals surface area contributed by atoms with Gasteiger partial charge < -0.3 is 5.11 Å². The van der Waals surface area contributed by atoms with Gasteiger partial charge in [-0.05, 0) is 24.3 Å². The number of hydrogen-bond donors (Lipinski definition) is 1. The molecule has 0 bridgehead atoms. The zero-order valence-corrected chi connectivity index (χ0v) is 11.2. The number of aromatic nitrogens is 1. The van der Waals surface area contributed by atoms with E-state index in [1.54, 1.807) is 36.4 Å². The fraction of sp³-hybridized carbons (Fsp3) is 0. The second-order valence-electron chi connectivity index (χ2n) is 3.98. The quantitative estimate of drug-likeness (QED) is 0.764. The van der Waals surface area contributed by atoms with E-state index in [0.717, 1.165) is 10.2 Å². The Labute approximate surface area is 118 Å². The Balaban J connectivity index is 2.22. The van der Waals surface area contributed by atoms with Crippen molar-refractivity contribution in [2.24, 2.45) is 0 Å². The van der Waals surface area contributed by atoms with Crippen LogP contribution >= 0.6 is 22.9 Å². The number of halogens is 1. The van der Waals surface area contributed by atoms with Gasteiger partial charge >= 0.3 is 5.97 Å². The van der Waals surface area contributed by atoms with E-state index in [1.165, 1.54) is 11.3 Å². The van der Waals surface area contributed by atoms with Crippen LogP contribution in [-0.2, 0) is 0 Å². The standard InChI is InChI=1S/C14H8ClNO2S/c15-8-5-6-12-11(7-8)16-13(19-12)9-3-1-2-4-10(9)14(17)18/h1-7H,(H,17,18). The third-order valence-electron chi connectivity index (χ3n) is 2.74. The van der Waals surface area contributed by atoms with E-state index in [-0.39, 0.29) is 5.56 Å². The maximum absolute atomic E-state index is 11.2. The van der Waals surface area contributed by atoms with Crippen LogP contribution in [-0.4, -0.2) is 16.1 Å². The second-order valence-corrected chi connectivity index (χ2v) is 5.45. The van der Waals surface area contributed by atoms with Gasteiger partial charge in [-0.3, -0.25) is 0 Å². The Morgan fingerprint density at radius 1 is 1.21 bits per heavy atom. The van der Waals surface area contributed by atoms with Gasteiger partial charge in [0, 0.05) is 10.6 Å². The second kappa shape index (κ2) is 4.64. The first-order valence-electron chi connectivity index (χ1n) is 5.54. The van der Waals surface area contributed by atoms with Crippen molar-refractivity contribution >= 4 is 39.1 Å². The average Bonchev–Trinajstić information content (AvgIpc) is 2.81. The van der Waals surface area contributed by atoms with Crippen LogP contribution in [0.25, 0.3) is 20.8 Å². The van der Waals surface area contributed by atoms with Crippen molar-refractivity contribution in [3.8, 4) is 10.6 Å². The molecule has 5 heteroatoms. The molecule has 0 atom stereocenters. The molecular weight excluding hydrogens is 282 g/mol. The SMILES string of the molecule is O=C(O)c1ccccc1-c1nc2cc(Cl)ccc2s1. The number of fused-ring (bicyclic) bond motifs is 1. The highest BCUT2D eigenvalue weighted by Gasteiger charge is 2.14. The lowest BCUT2D eigenvalue weighted by Crippen LogP contribution is -1.98. The van der Waals surface area contributed by atoms with Gasteiger partial charge in [0.1, 0.15) is 5.01 Å². The highest BCUT2D eigenvalue weighted by Crippen LogP contribution is 2.33. The number of hydrogen-bond acceptors (Lipinski definition) is 3. The molecule has 0 radical (unpaired) electrons. The summed E-state index contributed by atoms with van der Waals surface area (Å²) < 4.78 is 0.986. The first kappa shape index (κ1) is 12.1. The van der Waals surface area contributed by atoms with Crippen LogP contribution in [0.4, 0.5) is 0 Å². The molecule has 1 N–H and O–H groups in total. The van der Waals surface area contributed by atoms with Crippen LogP contribution in [0.1, 0.15) is 10.4 Å². The van der Waals surface area contributed by atoms with Crippen molar-refractivity contribution in [1.29, 1.82) is 0 Å². The maximum Gasteiger partial charge on any atom is 0.336 e. The van der Waals surface area contributed by atoms with Crippen LogP contribution in [0, 0.1) is 0 Å². The summed E-state index contributed by atoms with van der Waals surface area (Å²) in [5, 5.41) is 10.5. The van der Waals surface area contributed by atoms with Gasteiger partial charge in [-0.2, -0.15) is 0 Å². The molecule has 0 aliphatic rings. The Kier molecular flexibility index (Phi) is 2.97. The minimum Gasteiger partial charge on any atom is -0.478 e. The van der Waals surface area contributed by atoms with E-state index in [2.05, 4.69) is 4.98 Å². The molecule has 0 unspecified atom stereocenters. The molecule has 0 aliphatic heterocycles. The lowest BCUT2D eigenvalue weighted by molar-refractivity contribution is 0.0697. The van der Waals surface area contributed by atoms with Gasteiger partial charge in [0.15, 0.2) is 0 Å². The summed E-state index contributed by atoms with van der Waals surface area (Å²) in [4.78, 5) is 15.7. The molecule has 3 aromatic rings. The van der Waals surface area contributed by atoms with Crippen molar-refractivity contribution in [2.75, 3.05) is 0 Å². The number of benzene rings is 2. The minimum atomic E-state index is -0.951. The van der Waals surface area contributed by atoms with Crippen LogP contribution in [0.2, 0.25) is 5.02 Å². The zero-order valence-electron chi connectivity index (χ0n) is 9.63. The Morgan fingerprint density at radius 3 is 2.79 bits per heavy atom. The fourth-order valence-electron chi connectivity index (χ4n) is 1.87. The molecule has 0 amide bonds. The molecule has 0 aliphatic carbocycles. The number of carbonyl (C=O) groups is 1. The van der Waals surface area contributed by atoms with E-state index < -0.39 is 5.97 Å². The molecule has 0 fully saturated rings. The summed E-state index contributed by atoms with van der Waals surface area (Å²) in [6, 6.07) is 12.3. The van der Waals surface area contributed by atoms with Gasteiger partial charge in [0.25, 0.3) is 0 Å². The van der Waals surface area contributed by atoms with Crippen molar-refractivity contribution in [2.45, 2.75) is 0 Å². The van der Waals surface area contributed by atoms with Gasteiger partial charge in [0.2, 0.25) is 0 Å². The first-order chi connectivity index (χ1) is 9.15. The molecular formula is C14H8ClNO2S. The average molecular weight is 290 g/mol. The molecule has 1 heterocycles. The van der Waals surface area contributed by atoms with Crippen molar-refractivity contribution in [3.63, 3.8) is 0 Å². The molecule has 3 nitrogen and oxygen atoms in total. The van der Waals surface area contributed by atoms with Crippen molar-refractivity contribution < 1.29 is 9.90 Å². The first-order valence-corrected chi connectivity index (χ1v) is 6.73. The summed E-state index contributed by atoms with van der Waals surface area (Å²) in [7, 11) is 0. The molecule has 0 saturated carbocycles. The smallest absolute Gasteiger partial charge is 0.336 e. The van der Waals surface area contributed by atoms with E-state index >= 15 is 0 Å². The summed E-state index contributed by atoms with van der Waals surface area (Å²) in [6.07, 6.45) is 0. The Bertz CT molecular complexity index is 782. The molecule has 1 aromatic heterocycles. The van der Waals surface area contributed by atoms with Gasteiger partial charge in [0.05, 0.1) is 15.8 Å². The van der Waals surface area contributed by atoms with Crippen molar-refractivity contribution in [3.05, 3.63) is 53.1 Å². The van der Waals surface area contributed by atoms with Gasteiger partial charge in [-0.25, -0.2) is 9.78 Å². The summed E-state index contributed by atoms with van der Waals surface area (Å²) in [5.41, 5.74) is 1.67. The van der Waals surface area contributed by atoms with Crippen LogP contribution in [0.3, 0.4) is 0 Å². The zero-order chi connectivity index (χ0) is 13.4. The van der Waals surface area contributed by atoms with E-state index in [0.29, 0.717) is 15.6 Å². The molecule has 3 rings (SSSR count). The third kappa shape index (κ3) is 2.20. The monoisotopic (exact) mass is 289 g/mol. The lowest BCUT2D eigenvalue weighted by atomic mass is 10.1. The van der Waals surface area contributed by atoms with Crippen LogP contribution in [0.15, 0.2) is 42.5 Å². The fourth-order valence-corrected chi connectivity index (χ4v) is 3.02. The Morgan fingerprint density at radius 2 is 2.00 bits per heavy atom. The summed E-state index contributed by atoms with van der Waals surface area (Å²) in [6.45, 7) is 0. The predicted molar refractivity (Wildman–Crippen MR) is 77.0 cm³/mol. The third-order valence-corrected chi connectivity index (χ3v) is 4.04. The highest BCUT2D eigenvalue weighted by atomic mass is 35.5. The summed E-state index contributed by atoms with van der Waals surface area (Å²) >= 11 is 7.38. The van der Waals surface area contributed by atoms with Gasteiger partial charge in [-0.15, -0.1) is 11.3 Å². The highest BCUT2D eigenvalue weighted by molar-refractivity contribution is 7.21. The van der Waals surface area contributed by atoms with Gasteiger partial charge in [-0.1, -0.05) is 29.8 Å². The van der Waals surface area contributed by atoms with Crippen LogP contribution in [0.5, 0.6) is 0 Å². The number of aromatic carboxylic acids is 1. The lowest BCUT2D eigenvalue weighted by Gasteiger charge is -2.01. The largest absolute Gasteiger partial charge is 0.478 e. The molecule has 0 spiro atoms. The number of thiazole rings is 1. The minimum absolute atomic E-state index is 0.257. The molecule has 0 saturated heterocycles. The number of rotatable bonds is 2. The molecule has 94 valence electrons. The van der Waals surface area contributed by atoms with E-state index in [1.807, 2.05) is 6.07 Å². The Hall–Kier alpha value is -1.91. The molecule has 2 aromatic carbocycles. The molecule has 19 heavy (non-hydrogen) atoms. The normalized spacial score (nSPS) is 10.8. The van der Waals surface area contributed by atoms with E-state index in [4.69, 9.17) is 11.6 Å². The number of carboxylic acids is 1. The number of nitrogens with zero attached hydrogens (tertiary/aromatic N) is 1. The van der Waals surface area contributed by atoms with E-state index in [9.17, 15) is 9.90 Å². The summed E-state index contributed by atoms with van der Waals surface area (Å²) in [5.74, 6) is -0.951. The number of carboxylic acid groups (broad SMARTS) is 1.